The van der Waals surface area contributed by atoms with Crippen LogP contribution >= 0.6 is 11.3 Å². The van der Waals surface area contributed by atoms with E-state index in [0.717, 1.165) is 17.8 Å². The van der Waals surface area contributed by atoms with Crippen LogP contribution in [0.15, 0.2) is 10.3 Å². The Bertz CT molecular complexity index is 553. The normalized spacial score (nSPS) is 11.3. The number of carbonyl (C=O) groups is 1. The summed E-state index contributed by atoms with van der Waals surface area (Å²) in [5, 5.41) is 0. The van der Waals surface area contributed by atoms with Crippen molar-refractivity contribution < 1.29 is 22.7 Å². The standard InChI is InChI=1S/C11H18N2O5S2/c1-17-8-7-9(10(14)18-2)19-11(8)20(15,16)13-6-4-3-5-12/h7,13H,3-6,12H2,1-2H3. The minimum absolute atomic E-state index is 0.0341. The molecule has 1 rings (SSSR count). The maximum atomic E-state index is 12.1. The van der Waals surface area contributed by atoms with Crippen molar-refractivity contribution in [2.24, 2.45) is 5.73 Å². The van der Waals surface area contributed by atoms with E-state index in [1.165, 1.54) is 20.3 Å². The minimum atomic E-state index is -3.71. The Balaban J connectivity index is 2.93. The molecule has 0 bridgehead atoms. The maximum absolute atomic E-state index is 12.1. The number of hydrogen-bond acceptors (Lipinski definition) is 7. The Hall–Kier alpha value is -1.16. The number of methoxy groups -OCH3 is 2. The summed E-state index contributed by atoms with van der Waals surface area (Å²) in [4.78, 5) is 11.6. The molecule has 1 aromatic rings. The van der Waals surface area contributed by atoms with Gasteiger partial charge in [-0.3, -0.25) is 0 Å². The van der Waals surface area contributed by atoms with E-state index < -0.39 is 16.0 Å². The van der Waals surface area contributed by atoms with Crippen LogP contribution in [0.1, 0.15) is 22.5 Å². The van der Waals surface area contributed by atoms with Crippen LogP contribution in [0.25, 0.3) is 0 Å². The van der Waals surface area contributed by atoms with E-state index in [0.29, 0.717) is 13.0 Å². The van der Waals surface area contributed by atoms with E-state index in [2.05, 4.69) is 9.46 Å². The highest BCUT2D eigenvalue weighted by Crippen LogP contribution is 2.33. The molecule has 0 amide bonds. The minimum Gasteiger partial charge on any atom is -0.494 e. The van der Waals surface area contributed by atoms with Gasteiger partial charge in [-0.1, -0.05) is 0 Å². The summed E-state index contributed by atoms with van der Waals surface area (Å²) < 4.78 is 36.2. The first-order chi connectivity index (χ1) is 9.46. The summed E-state index contributed by atoms with van der Waals surface area (Å²) in [5.74, 6) is -0.473. The molecular weight excluding hydrogens is 304 g/mol. The number of hydrogen-bond donors (Lipinski definition) is 2. The predicted octanol–water partition coefficient (Wildman–Crippen LogP) is 0.561. The van der Waals surface area contributed by atoms with Gasteiger partial charge in [0.25, 0.3) is 10.0 Å². The van der Waals surface area contributed by atoms with Crippen molar-refractivity contribution in [1.82, 2.24) is 4.72 Å². The van der Waals surface area contributed by atoms with Crippen LogP contribution in [0, 0.1) is 0 Å². The SMILES string of the molecule is COC(=O)c1cc(OC)c(S(=O)(=O)NCCCCN)s1. The van der Waals surface area contributed by atoms with Crippen molar-refractivity contribution >= 4 is 27.3 Å². The van der Waals surface area contributed by atoms with Crippen molar-refractivity contribution in [2.45, 2.75) is 17.1 Å². The summed E-state index contributed by atoms with van der Waals surface area (Å²) in [6.07, 6.45) is 1.38. The number of ether oxygens (including phenoxy) is 2. The van der Waals surface area contributed by atoms with Crippen molar-refractivity contribution in [1.29, 1.82) is 0 Å². The van der Waals surface area contributed by atoms with Crippen molar-refractivity contribution in [3.63, 3.8) is 0 Å². The lowest BCUT2D eigenvalue weighted by Gasteiger charge is -2.06. The zero-order chi connectivity index (χ0) is 15.2. The molecule has 0 radical (unpaired) electrons. The van der Waals surface area contributed by atoms with E-state index in [9.17, 15) is 13.2 Å². The van der Waals surface area contributed by atoms with E-state index in [-0.39, 0.29) is 21.4 Å². The van der Waals surface area contributed by atoms with Gasteiger partial charge in [0.2, 0.25) is 0 Å². The third-order valence-corrected chi connectivity index (χ3v) is 5.51. The van der Waals surface area contributed by atoms with E-state index in [1.807, 2.05) is 0 Å². The smallest absolute Gasteiger partial charge is 0.348 e. The molecule has 0 aromatic carbocycles. The second-order valence-electron chi connectivity index (χ2n) is 3.85. The molecule has 1 aromatic heterocycles. The van der Waals surface area contributed by atoms with E-state index in [1.54, 1.807) is 0 Å². The molecular formula is C11H18N2O5S2. The average Bonchev–Trinajstić information content (AvgIpc) is 2.88. The number of nitrogens with two attached hydrogens (primary N) is 1. The number of thiophene rings is 1. The van der Waals surface area contributed by atoms with E-state index >= 15 is 0 Å². The summed E-state index contributed by atoms with van der Waals surface area (Å²) in [6, 6.07) is 1.35. The van der Waals surface area contributed by atoms with Gasteiger partial charge in [0, 0.05) is 12.6 Å². The van der Waals surface area contributed by atoms with Crippen LogP contribution in [-0.2, 0) is 14.8 Å². The molecule has 0 fully saturated rings. The highest BCUT2D eigenvalue weighted by molar-refractivity contribution is 7.91. The Morgan fingerprint density at radius 1 is 1.40 bits per heavy atom. The van der Waals surface area contributed by atoms with Gasteiger partial charge >= 0.3 is 5.97 Å². The van der Waals surface area contributed by atoms with Gasteiger partial charge in [0.1, 0.15) is 4.88 Å². The molecule has 0 saturated carbocycles. The van der Waals surface area contributed by atoms with Gasteiger partial charge in [0.05, 0.1) is 14.2 Å². The third-order valence-electron chi connectivity index (χ3n) is 2.44. The molecule has 0 aliphatic carbocycles. The molecule has 0 aliphatic rings. The number of rotatable bonds is 8. The Labute approximate surface area is 122 Å². The number of nitrogens with one attached hydrogen (secondary N) is 1. The molecule has 0 spiro atoms. The molecule has 0 atom stereocenters. The Morgan fingerprint density at radius 2 is 2.10 bits per heavy atom. The van der Waals surface area contributed by atoms with Gasteiger partial charge in [-0.25, -0.2) is 17.9 Å². The second-order valence-corrected chi connectivity index (χ2v) is 6.87. The Kier molecular flexibility index (Phi) is 6.40. The fourth-order valence-corrected chi connectivity index (χ4v) is 4.04. The van der Waals surface area contributed by atoms with Crippen LogP contribution in [0.5, 0.6) is 5.75 Å². The molecule has 20 heavy (non-hydrogen) atoms. The van der Waals surface area contributed by atoms with Crippen molar-refractivity contribution in [2.75, 3.05) is 27.3 Å². The lowest BCUT2D eigenvalue weighted by molar-refractivity contribution is 0.0606. The summed E-state index contributed by atoms with van der Waals surface area (Å²) in [7, 11) is -1.14. The zero-order valence-corrected chi connectivity index (χ0v) is 13.0. The molecule has 0 saturated heterocycles. The molecule has 9 heteroatoms. The first kappa shape index (κ1) is 16.9. The summed E-state index contributed by atoms with van der Waals surface area (Å²) in [5.41, 5.74) is 5.34. The molecule has 7 nitrogen and oxygen atoms in total. The summed E-state index contributed by atoms with van der Waals surface area (Å²) in [6.45, 7) is 0.796. The fraction of sp³-hybridized carbons (Fsp3) is 0.545. The molecule has 0 unspecified atom stereocenters. The van der Waals surface area contributed by atoms with Crippen LogP contribution in [0.4, 0.5) is 0 Å². The fourth-order valence-electron chi connectivity index (χ4n) is 1.43. The average molecular weight is 322 g/mol. The highest BCUT2D eigenvalue weighted by Gasteiger charge is 2.25. The highest BCUT2D eigenvalue weighted by atomic mass is 32.2. The van der Waals surface area contributed by atoms with Gasteiger partial charge in [-0.05, 0) is 19.4 Å². The lowest BCUT2D eigenvalue weighted by atomic mass is 10.3. The predicted molar refractivity (Wildman–Crippen MR) is 75.7 cm³/mol. The summed E-state index contributed by atoms with van der Waals surface area (Å²) >= 11 is 0.813. The second kappa shape index (κ2) is 7.58. The van der Waals surface area contributed by atoms with Crippen LogP contribution in [0.3, 0.4) is 0 Å². The van der Waals surface area contributed by atoms with Gasteiger partial charge < -0.3 is 15.2 Å². The topological polar surface area (TPSA) is 108 Å². The molecule has 114 valence electrons. The van der Waals surface area contributed by atoms with Gasteiger partial charge in [-0.2, -0.15) is 0 Å². The lowest BCUT2D eigenvalue weighted by Crippen LogP contribution is -2.24. The number of esters is 1. The molecule has 0 aliphatic heterocycles. The largest absolute Gasteiger partial charge is 0.494 e. The molecule has 1 heterocycles. The first-order valence-corrected chi connectivity index (χ1v) is 8.22. The Morgan fingerprint density at radius 3 is 2.65 bits per heavy atom. The van der Waals surface area contributed by atoms with Crippen LogP contribution in [0.2, 0.25) is 0 Å². The molecule has 3 N–H and O–H groups in total. The van der Waals surface area contributed by atoms with Crippen molar-refractivity contribution in [3.05, 3.63) is 10.9 Å². The zero-order valence-electron chi connectivity index (χ0n) is 11.3. The van der Waals surface area contributed by atoms with Crippen LogP contribution < -0.4 is 15.2 Å². The quantitative estimate of drug-likeness (QED) is 0.535. The third kappa shape index (κ3) is 4.17. The number of sulfonamides is 1. The van der Waals surface area contributed by atoms with Crippen LogP contribution in [-0.4, -0.2) is 41.7 Å². The maximum Gasteiger partial charge on any atom is 0.348 e. The van der Waals surface area contributed by atoms with Crippen molar-refractivity contribution in [3.8, 4) is 5.75 Å². The van der Waals surface area contributed by atoms with Gasteiger partial charge in [-0.15, -0.1) is 11.3 Å². The van der Waals surface area contributed by atoms with Gasteiger partial charge in [0.15, 0.2) is 9.96 Å². The monoisotopic (exact) mass is 322 g/mol. The number of unbranched alkanes of at least 4 members (excludes halogenated alkanes) is 1. The van der Waals surface area contributed by atoms with E-state index in [4.69, 9.17) is 10.5 Å². The number of carbonyl (C=O) groups excluding carboxylic acids is 1. The first-order valence-electron chi connectivity index (χ1n) is 5.92.